The number of unbranched alkanes of at least 4 members (excludes halogenated alkanes) is 24. The van der Waals surface area contributed by atoms with Gasteiger partial charge in [-0.25, -0.2) is 0 Å². The van der Waals surface area contributed by atoms with Crippen LogP contribution in [0.2, 0.25) is 0 Å². The number of halogens is 2. The Morgan fingerprint density at radius 1 is 0.571 bits per heavy atom. The average molecular weight is 905 g/mol. The number of carbonyl (C=O) groups is 2. The molecule has 1 unspecified atom stereocenters. The minimum absolute atomic E-state index is 0.00500. The maximum absolute atomic E-state index is 13.3. The number of allylic oxidation sites excluding steroid dienone is 2. The Bertz CT molecular complexity index is 947. The fourth-order valence-corrected chi connectivity index (χ4v) is 8.52. The van der Waals surface area contributed by atoms with E-state index in [1.165, 1.54) is 148 Å². The van der Waals surface area contributed by atoms with E-state index in [2.05, 4.69) is 100 Å². The summed E-state index contributed by atoms with van der Waals surface area (Å²) in [6, 6.07) is 5.83. The van der Waals surface area contributed by atoms with Gasteiger partial charge in [-0.3, -0.25) is 9.59 Å². The first-order valence-electron chi connectivity index (χ1n) is 20.6. The molecule has 1 aromatic carbocycles. The van der Waals surface area contributed by atoms with Crippen molar-refractivity contribution in [2.24, 2.45) is 0 Å². The Hall–Kier alpha value is -0.640. The summed E-state index contributed by atoms with van der Waals surface area (Å²) in [5, 5.41) is 6.23. The predicted octanol–water partition coefficient (Wildman–Crippen LogP) is 13.6. The number of hydrogen-bond donors (Lipinski definition) is 2. The molecule has 282 valence electrons. The lowest BCUT2D eigenvalue weighted by molar-refractivity contribution is -0.129. The Morgan fingerprint density at radius 3 is 1.45 bits per heavy atom. The van der Waals surface area contributed by atoms with E-state index in [9.17, 15) is 9.59 Å². The van der Waals surface area contributed by atoms with E-state index in [1.807, 2.05) is 0 Å². The molecule has 0 fully saturated rings. The second-order valence-corrected chi connectivity index (χ2v) is 16.8. The largest absolute Gasteiger partial charge is 0.354 e. The third kappa shape index (κ3) is 29.6. The molecule has 0 saturated carbocycles. The van der Waals surface area contributed by atoms with Gasteiger partial charge in [0.15, 0.2) is 0 Å². The first-order valence-corrected chi connectivity index (χ1v) is 22.8. The van der Waals surface area contributed by atoms with Crippen molar-refractivity contribution in [3.63, 3.8) is 0 Å². The minimum Gasteiger partial charge on any atom is -0.354 e. The van der Waals surface area contributed by atoms with Crippen LogP contribution in [0.25, 0.3) is 0 Å². The van der Waals surface area contributed by atoms with Gasteiger partial charge in [0, 0.05) is 26.5 Å². The second kappa shape index (κ2) is 34.4. The van der Waals surface area contributed by atoms with E-state index in [1.54, 1.807) is 0 Å². The molecule has 0 spiro atoms. The van der Waals surface area contributed by atoms with Crippen LogP contribution in [0.3, 0.4) is 0 Å². The van der Waals surface area contributed by atoms with Gasteiger partial charge in [0.2, 0.25) is 11.8 Å². The zero-order valence-electron chi connectivity index (χ0n) is 31.7. The highest BCUT2D eigenvalue weighted by atomic mass is 127. The van der Waals surface area contributed by atoms with Crippen LogP contribution in [0.4, 0.5) is 0 Å². The Labute approximate surface area is 330 Å². The Kier molecular flexibility index (Phi) is 32.6. The predicted molar refractivity (Wildman–Crippen MR) is 230 cm³/mol. The van der Waals surface area contributed by atoms with Crippen molar-refractivity contribution in [1.82, 2.24) is 10.6 Å². The van der Waals surface area contributed by atoms with Gasteiger partial charge < -0.3 is 10.6 Å². The number of benzene rings is 1. The maximum Gasteiger partial charge on any atom is 0.242 e. The van der Waals surface area contributed by atoms with Crippen molar-refractivity contribution in [3.05, 3.63) is 43.1 Å². The van der Waals surface area contributed by atoms with E-state index in [4.69, 9.17) is 0 Å². The fraction of sp³-hybridized carbons (Fsp3) is 0.767. The number of nitrogens with one attached hydrogen (secondary N) is 2. The number of amides is 2. The lowest BCUT2D eigenvalue weighted by Gasteiger charge is -2.19. The summed E-state index contributed by atoms with van der Waals surface area (Å²) >= 11 is 4.65. The van der Waals surface area contributed by atoms with Gasteiger partial charge in [-0.05, 0) is 107 Å². The van der Waals surface area contributed by atoms with Gasteiger partial charge in [-0.2, -0.15) is 0 Å². The molecule has 4 nitrogen and oxygen atoms in total. The Morgan fingerprint density at radius 2 is 0.980 bits per heavy atom. The van der Waals surface area contributed by atoms with Crippen molar-refractivity contribution in [2.45, 2.75) is 206 Å². The summed E-state index contributed by atoms with van der Waals surface area (Å²) < 4.78 is 2.31. The van der Waals surface area contributed by atoms with Gasteiger partial charge in [0.05, 0.1) is 0 Å². The zero-order chi connectivity index (χ0) is 35.6. The lowest BCUT2D eigenvalue weighted by Crippen LogP contribution is -2.48. The third-order valence-electron chi connectivity index (χ3n) is 9.51. The van der Waals surface area contributed by atoms with Gasteiger partial charge in [0.25, 0.3) is 0 Å². The molecule has 0 aromatic heterocycles. The van der Waals surface area contributed by atoms with E-state index in [0.29, 0.717) is 19.4 Å². The number of hydrogen-bond acceptors (Lipinski definition) is 2. The first-order chi connectivity index (χ1) is 24.0. The fourth-order valence-electron chi connectivity index (χ4n) is 6.45. The van der Waals surface area contributed by atoms with Crippen molar-refractivity contribution in [3.8, 4) is 0 Å². The highest BCUT2D eigenvalue weighted by Crippen LogP contribution is 2.17. The second-order valence-electron chi connectivity index (χ2n) is 14.3. The third-order valence-corrected chi connectivity index (χ3v) is 10.8. The molecule has 1 aromatic rings. The minimum atomic E-state index is -0.531. The van der Waals surface area contributed by atoms with E-state index >= 15 is 0 Å². The van der Waals surface area contributed by atoms with Crippen molar-refractivity contribution in [2.75, 3.05) is 6.54 Å². The van der Waals surface area contributed by atoms with Crippen LogP contribution >= 0.6 is 45.2 Å². The van der Waals surface area contributed by atoms with E-state index in [-0.39, 0.29) is 11.8 Å². The topological polar surface area (TPSA) is 58.2 Å². The van der Waals surface area contributed by atoms with Crippen LogP contribution in [0, 0.1) is 7.14 Å². The summed E-state index contributed by atoms with van der Waals surface area (Å²) in [6.07, 6.45) is 40.4. The quantitative estimate of drug-likeness (QED) is 0.0411. The molecule has 1 rings (SSSR count). The molecule has 0 aliphatic carbocycles. The standard InChI is InChI=1S/C43H74I2N2O2/c1-3-5-7-9-11-13-15-17-19-20-22-24-26-28-30-32-42(48)47-41(36-38-34-39(44)37-40(45)35-38)43(49)46-33-31-29-27-25-23-21-18-16-14-12-10-8-6-4-2/h17,19,34-35,37,41H,3-16,18,20-33,36H2,1-2H3,(H,46,49)(H,47,48)/b19-17+. The van der Waals surface area contributed by atoms with Gasteiger partial charge >= 0.3 is 0 Å². The van der Waals surface area contributed by atoms with Crippen LogP contribution < -0.4 is 10.6 Å². The van der Waals surface area contributed by atoms with Crippen LogP contribution in [0.15, 0.2) is 30.4 Å². The van der Waals surface area contributed by atoms with Gasteiger partial charge in [-0.1, -0.05) is 161 Å². The molecule has 0 aliphatic rings. The lowest BCUT2D eigenvalue weighted by atomic mass is 10.0. The molecular weight excluding hydrogens is 830 g/mol. The highest BCUT2D eigenvalue weighted by molar-refractivity contribution is 14.1. The number of rotatable bonds is 34. The van der Waals surface area contributed by atoms with Crippen LogP contribution in [0.5, 0.6) is 0 Å². The van der Waals surface area contributed by atoms with Crippen molar-refractivity contribution < 1.29 is 9.59 Å². The van der Waals surface area contributed by atoms with E-state index < -0.39 is 6.04 Å². The molecule has 0 radical (unpaired) electrons. The molecule has 0 bridgehead atoms. The van der Waals surface area contributed by atoms with Gasteiger partial charge in [0.1, 0.15) is 6.04 Å². The molecule has 0 saturated heterocycles. The monoisotopic (exact) mass is 904 g/mol. The normalized spacial score (nSPS) is 12.1. The molecule has 2 amide bonds. The van der Waals surface area contributed by atoms with Crippen molar-refractivity contribution in [1.29, 1.82) is 0 Å². The summed E-state index contributed by atoms with van der Waals surface area (Å²) in [7, 11) is 0. The summed E-state index contributed by atoms with van der Waals surface area (Å²) in [5.74, 6) is -0.0592. The zero-order valence-corrected chi connectivity index (χ0v) is 36.1. The van der Waals surface area contributed by atoms with Crippen LogP contribution in [-0.4, -0.2) is 24.4 Å². The molecule has 0 aliphatic heterocycles. The smallest absolute Gasteiger partial charge is 0.242 e. The summed E-state index contributed by atoms with van der Waals surface area (Å²) in [4.78, 5) is 26.2. The van der Waals surface area contributed by atoms with Gasteiger partial charge in [-0.15, -0.1) is 0 Å². The van der Waals surface area contributed by atoms with Crippen molar-refractivity contribution >= 4 is 57.0 Å². The highest BCUT2D eigenvalue weighted by Gasteiger charge is 2.21. The summed E-state index contributed by atoms with van der Waals surface area (Å²) in [6.45, 7) is 5.23. The molecule has 49 heavy (non-hydrogen) atoms. The molecule has 2 N–H and O–H groups in total. The van der Waals surface area contributed by atoms with Crippen LogP contribution in [-0.2, 0) is 16.0 Å². The van der Waals surface area contributed by atoms with E-state index in [0.717, 1.165) is 38.4 Å². The maximum atomic E-state index is 13.3. The molecule has 1 atom stereocenters. The molecular formula is C43H74I2N2O2. The Balaban J connectivity index is 2.25. The molecule has 6 heteroatoms. The summed E-state index contributed by atoms with van der Waals surface area (Å²) in [5.41, 5.74) is 1.09. The number of carbonyl (C=O) groups excluding carboxylic acids is 2. The molecule has 0 heterocycles. The van der Waals surface area contributed by atoms with Crippen LogP contribution in [0.1, 0.15) is 199 Å². The SMILES string of the molecule is CCCCCCCC/C=C/CCCCCCCC(=O)NC(Cc1cc(I)cc(I)c1)C(=O)NCCCCCCCCCCCCCCCC. The average Bonchev–Trinajstić information content (AvgIpc) is 3.07. The first kappa shape index (κ1) is 46.4.